The molecule has 0 unspecified atom stereocenters. The van der Waals surface area contributed by atoms with Crippen LogP contribution in [-0.2, 0) is 4.74 Å². The van der Waals surface area contributed by atoms with Crippen molar-refractivity contribution in [3.05, 3.63) is 18.5 Å². The van der Waals surface area contributed by atoms with Gasteiger partial charge in [0.15, 0.2) is 17.0 Å². The van der Waals surface area contributed by atoms with Gasteiger partial charge in [0.05, 0.1) is 19.0 Å². The third-order valence-corrected chi connectivity index (χ3v) is 2.46. The van der Waals surface area contributed by atoms with Crippen LogP contribution >= 0.6 is 0 Å². The minimum Gasteiger partial charge on any atom is -0.504 e. The number of carbonyl (C=O) groups is 1. The number of hydrogen-bond acceptors (Lipinski definition) is 5. The molecular formula is C13H17N3O4. The lowest BCUT2D eigenvalue weighted by Crippen LogP contribution is -2.27. The fourth-order valence-corrected chi connectivity index (χ4v) is 1.75. The maximum Gasteiger partial charge on any atom is 0.412 e. The Hall–Kier alpha value is -2.44. The molecule has 2 aromatic heterocycles. The van der Waals surface area contributed by atoms with E-state index in [9.17, 15) is 9.90 Å². The molecule has 7 nitrogen and oxygen atoms in total. The normalized spacial score (nSPS) is 11.4. The molecule has 0 bridgehead atoms. The average molecular weight is 279 g/mol. The predicted molar refractivity (Wildman–Crippen MR) is 73.3 cm³/mol. The highest BCUT2D eigenvalue weighted by Crippen LogP contribution is 2.34. The van der Waals surface area contributed by atoms with Gasteiger partial charge in [-0.25, -0.2) is 9.31 Å². The van der Waals surface area contributed by atoms with Crippen LogP contribution in [-0.4, -0.2) is 33.5 Å². The number of anilines is 1. The van der Waals surface area contributed by atoms with Crippen LogP contribution in [0.4, 0.5) is 10.5 Å². The van der Waals surface area contributed by atoms with Gasteiger partial charge in [0.2, 0.25) is 0 Å². The number of fused-ring (bicyclic) bond motifs is 1. The Bertz CT molecular complexity index is 643. The Kier molecular flexibility index (Phi) is 3.44. The van der Waals surface area contributed by atoms with Crippen molar-refractivity contribution in [2.45, 2.75) is 26.4 Å². The van der Waals surface area contributed by atoms with Crippen LogP contribution in [0.3, 0.4) is 0 Å². The minimum absolute atomic E-state index is 0.0327. The third-order valence-electron chi connectivity index (χ3n) is 2.46. The van der Waals surface area contributed by atoms with Gasteiger partial charge in [0.1, 0.15) is 5.60 Å². The lowest BCUT2D eigenvalue weighted by molar-refractivity contribution is 0.0635. The molecular weight excluding hydrogens is 262 g/mol. The number of rotatable bonds is 2. The summed E-state index contributed by atoms with van der Waals surface area (Å²) >= 11 is 0. The second kappa shape index (κ2) is 4.92. The number of hydrogen-bond donors (Lipinski definition) is 2. The monoisotopic (exact) mass is 279 g/mol. The van der Waals surface area contributed by atoms with Crippen molar-refractivity contribution in [1.29, 1.82) is 0 Å². The molecule has 20 heavy (non-hydrogen) atoms. The first kappa shape index (κ1) is 14.0. The van der Waals surface area contributed by atoms with Gasteiger partial charge < -0.3 is 14.6 Å². The van der Waals surface area contributed by atoms with Gasteiger partial charge in [-0.05, 0) is 26.8 Å². The fraction of sp³-hybridized carbons (Fsp3) is 0.385. The van der Waals surface area contributed by atoms with Crippen molar-refractivity contribution in [2.24, 2.45) is 0 Å². The summed E-state index contributed by atoms with van der Waals surface area (Å²) in [5.41, 5.74) is 0.172. The van der Waals surface area contributed by atoms with Gasteiger partial charge in [0.25, 0.3) is 0 Å². The van der Waals surface area contributed by atoms with E-state index in [2.05, 4.69) is 10.4 Å². The van der Waals surface area contributed by atoms with Crippen molar-refractivity contribution >= 4 is 17.3 Å². The number of amides is 1. The van der Waals surface area contributed by atoms with Gasteiger partial charge in [-0.2, -0.15) is 5.10 Å². The Morgan fingerprint density at radius 2 is 2.15 bits per heavy atom. The van der Waals surface area contributed by atoms with Crippen molar-refractivity contribution in [1.82, 2.24) is 9.61 Å². The maximum atomic E-state index is 11.8. The Balaban J connectivity index is 2.35. The highest BCUT2D eigenvalue weighted by atomic mass is 16.6. The van der Waals surface area contributed by atoms with E-state index >= 15 is 0 Å². The van der Waals surface area contributed by atoms with E-state index in [1.807, 2.05) is 0 Å². The van der Waals surface area contributed by atoms with Crippen molar-refractivity contribution in [3.63, 3.8) is 0 Å². The zero-order valence-corrected chi connectivity index (χ0v) is 11.8. The molecule has 0 atom stereocenters. The van der Waals surface area contributed by atoms with Crippen LogP contribution in [0.5, 0.6) is 11.5 Å². The van der Waals surface area contributed by atoms with Crippen LogP contribution in [0.2, 0.25) is 0 Å². The number of pyridine rings is 1. The Morgan fingerprint density at radius 1 is 1.45 bits per heavy atom. The summed E-state index contributed by atoms with van der Waals surface area (Å²) in [6.45, 7) is 5.32. The van der Waals surface area contributed by atoms with Gasteiger partial charge in [0, 0.05) is 6.20 Å². The molecule has 2 heterocycles. The lowest BCUT2D eigenvalue weighted by atomic mass is 10.2. The first-order chi connectivity index (χ1) is 9.31. The summed E-state index contributed by atoms with van der Waals surface area (Å²) in [5.74, 6) is 0.281. The minimum atomic E-state index is -0.598. The molecule has 0 aliphatic heterocycles. The molecule has 0 saturated heterocycles. The summed E-state index contributed by atoms with van der Waals surface area (Å²) in [7, 11) is 1.45. The largest absolute Gasteiger partial charge is 0.504 e. The second-order valence-electron chi connectivity index (χ2n) is 5.21. The number of aromatic hydroxyl groups is 1. The Labute approximate surface area is 116 Å². The number of carbonyl (C=O) groups excluding carboxylic acids is 1. The molecule has 0 aromatic carbocycles. The van der Waals surface area contributed by atoms with E-state index in [4.69, 9.17) is 9.47 Å². The molecule has 2 N–H and O–H groups in total. The highest BCUT2D eigenvalue weighted by Gasteiger charge is 2.19. The summed E-state index contributed by atoms with van der Waals surface area (Å²) < 4.78 is 11.9. The summed E-state index contributed by atoms with van der Waals surface area (Å²) in [6.07, 6.45) is 2.30. The maximum absolute atomic E-state index is 11.8. The molecule has 2 rings (SSSR count). The number of ether oxygens (including phenoxy) is 2. The molecule has 0 saturated carbocycles. The van der Waals surface area contributed by atoms with E-state index in [0.717, 1.165) is 0 Å². The van der Waals surface area contributed by atoms with Crippen LogP contribution in [0, 0.1) is 0 Å². The van der Waals surface area contributed by atoms with Gasteiger partial charge >= 0.3 is 6.09 Å². The summed E-state index contributed by atoms with van der Waals surface area (Å²) in [6, 6.07) is 1.61. The van der Waals surface area contributed by atoms with E-state index in [0.29, 0.717) is 17.0 Å². The van der Waals surface area contributed by atoms with Crippen LogP contribution in [0.1, 0.15) is 20.8 Å². The first-order valence-electron chi connectivity index (χ1n) is 6.05. The van der Waals surface area contributed by atoms with Crippen molar-refractivity contribution < 1.29 is 19.4 Å². The third kappa shape index (κ3) is 2.76. The van der Waals surface area contributed by atoms with Gasteiger partial charge in [-0.3, -0.25) is 5.32 Å². The molecule has 2 aromatic rings. The van der Waals surface area contributed by atoms with Crippen molar-refractivity contribution in [3.8, 4) is 11.5 Å². The zero-order valence-electron chi connectivity index (χ0n) is 11.8. The zero-order chi connectivity index (χ0) is 14.9. The second-order valence-corrected chi connectivity index (χ2v) is 5.21. The number of nitrogens with zero attached hydrogens (tertiary/aromatic N) is 2. The topological polar surface area (TPSA) is 85.1 Å². The standard InChI is InChI=1S/C13H17N3O4/c1-13(2,3)20-12(18)15-8-5-6-16-10(11(8)19-4)9(17)7-14-16/h5-7,17H,1-4H3,(H,15,18). The molecule has 7 heteroatoms. The summed E-state index contributed by atoms with van der Waals surface area (Å²) in [5, 5.41) is 16.3. The van der Waals surface area contributed by atoms with Crippen LogP contribution in [0.15, 0.2) is 18.5 Å². The molecule has 0 aliphatic carbocycles. The smallest absolute Gasteiger partial charge is 0.412 e. The van der Waals surface area contributed by atoms with E-state index in [1.165, 1.54) is 17.8 Å². The molecule has 1 amide bonds. The first-order valence-corrected chi connectivity index (χ1v) is 6.05. The summed E-state index contributed by atoms with van der Waals surface area (Å²) in [4.78, 5) is 11.8. The number of aromatic nitrogens is 2. The number of nitrogens with one attached hydrogen (secondary N) is 1. The average Bonchev–Trinajstić information content (AvgIpc) is 2.69. The van der Waals surface area contributed by atoms with Crippen molar-refractivity contribution in [2.75, 3.05) is 12.4 Å². The molecule has 0 radical (unpaired) electrons. The lowest BCUT2D eigenvalue weighted by Gasteiger charge is -2.20. The van der Waals surface area contributed by atoms with E-state index in [1.54, 1.807) is 33.0 Å². The Morgan fingerprint density at radius 3 is 2.75 bits per heavy atom. The number of methoxy groups -OCH3 is 1. The van der Waals surface area contributed by atoms with Crippen LogP contribution in [0.25, 0.3) is 5.52 Å². The van der Waals surface area contributed by atoms with E-state index < -0.39 is 11.7 Å². The highest BCUT2D eigenvalue weighted by molar-refractivity contribution is 5.90. The predicted octanol–water partition coefficient (Wildman–Crippen LogP) is 2.40. The quantitative estimate of drug-likeness (QED) is 0.881. The van der Waals surface area contributed by atoms with E-state index in [-0.39, 0.29) is 5.75 Å². The van der Waals surface area contributed by atoms with Gasteiger partial charge in [-0.1, -0.05) is 0 Å². The SMILES string of the molecule is COc1c(NC(=O)OC(C)(C)C)ccn2ncc(O)c12. The van der Waals surface area contributed by atoms with Gasteiger partial charge in [-0.15, -0.1) is 0 Å². The molecule has 108 valence electrons. The molecule has 0 spiro atoms. The fourth-order valence-electron chi connectivity index (χ4n) is 1.75. The van der Waals surface area contributed by atoms with Crippen LogP contribution < -0.4 is 10.1 Å². The molecule has 0 aliphatic rings. The molecule has 0 fully saturated rings.